The van der Waals surface area contributed by atoms with Crippen molar-refractivity contribution in [2.75, 3.05) is 20.7 Å². The number of aryl methyl sites for hydroxylation is 2. The summed E-state index contributed by atoms with van der Waals surface area (Å²) in [6, 6.07) is 8.83. The maximum Gasteiger partial charge on any atom is 0.162 e. The van der Waals surface area contributed by atoms with Gasteiger partial charge in [0.1, 0.15) is 11.5 Å². The van der Waals surface area contributed by atoms with Crippen LogP contribution in [-0.4, -0.2) is 50.0 Å². The van der Waals surface area contributed by atoms with Crippen molar-refractivity contribution >= 4 is 5.65 Å². The van der Waals surface area contributed by atoms with Crippen LogP contribution in [0.1, 0.15) is 22.8 Å². The number of pyridine rings is 1. The quantitative estimate of drug-likeness (QED) is 0.456. The highest BCUT2D eigenvalue weighted by Gasteiger charge is 2.13. The van der Waals surface area contributed by atoms with E-state index in [4.69, 9.17) is 4.74 Å². The average molecular weight is 423 g/mol. The number of fused-ring (bicyclic) bond motifs is 1. The molecule has 0 unspecified atom stereocenters. The maximum absolute atomic E-state index is 14.1. The second kappa shape index (κ2) is 8.47. The van der Waals surface area contributed by atoms with E-state index in [1.54, 1.807) is 10.7 Å². The Morgan fingerprint density at radius 2 is 1.90 bits per heavy atom. The van der Waals surface area contributed by atoms with Crippen LogP contribution in [0.2, 0.25) is 0 Å². The summed E-state index contributed by atoms with van der Waals surface area (Å²) in [6.45, 7) is 5.02. The van der Waals surface area contributed by atoms with Crippen LogP contribution in [0, 0.1) is 19.7 Å². The first-order chi connectivity index (χ1) is 14.8. The lowest BCUT2D eigenvalue weighted by molar-refractivity contribution is 0.317. The van der Waals surface area contributed by atoms with Gasteiger partial charge >= 0.3 is 0 Å². The van der Waals surface area contributed by atoms with Gasteiger partial charge in [0.15, 0.2) is 17.2 Å². The molecule has 3 heterocycles. The Bertz CT molecular complexity index is 1230. The molecule has 0 N–H and O–H groups in total. The lowest BCUT2D eigenvalue weighted by Gasteiger charge is -2.13. The highest BCUT2D eigenvalue weighted by atomic mass is 19.1. The van der Waals surface area contributed by atoms with Gasteiger partial charge in [0.25, 0.3) is 0 Å². The van der Waals surface area contributed by atoms with Gasteiger partial charge in [0, 0.05) is 19.7 Å². The minimum Gasteiger partial charge on any atom is -0.489 e. The van der Waals surface area contributed by atoms with E-state index in [1.165, 1.54) is 6.07 Å². The first kappa shape index (κ1) is 21.0. The topological polar surface area (TPSA) is 60.5 Å². The van der Waals surface area contributed by atoms with Crippen molar-refractivity contribution in [3.05, 3.63) is 65.1 Å². The van der Waals surface area contributed by atoms with Crippen molar-refractivity contribution < 1.29 is 9.13 Å². The summed E-state index contributed by atoms with van der Waals surface area (Å²) in [7, 11) is 5.88. The van der Waals surface area contributed by atoms with Crippen LogP contribution in [-0.2, 0) is 20.0 Å². The molecule has 4 rings (SSSR count). The SMILES string of the molecule is Cc1nn(C)c(C)c1OCCc1cc(F)ccc1-c1ccc2nnc(CN(C)C)n2c1. The van der Waals surface area contributed by atoms with Crippen molar-refractivity contribution in [2.24, 2.45) is 7.05 Å². The molecule has 4 aromatic rings. The van der Waals surface area contributed by atoms with Crippen molar-refractivity contribution in [3.8, 4) is 16.9 Å². The summed E-state index contributed by atoms with van der Waals surface area (Å²) in [5, 5.41) is 12.9. The standard InChI is InChI=1S/C23H27FN6O/c1-15-23(16(2)29(5)27-15)31-11-10-17-12-19(24)7-8-20(17)18-6-9-21-25-26-22(14-28(3)4)30(21)13-18/h6-9,12-13H,10-11,14H2,1-5H3. The number of hydrogen-bond donors (Lipinski definition) is 0. The minimum absolute atomic E-state index is 0.258. The normalized spacial score (nSPS) is 11.6. The molecule has 1 aromatic carbocycles. The van der Waals surface area contributed by atoms with Gasteiger partial charge in [-0.1, -0.05) is 6.07 Å². The highest BCUT2D eigenvalue weighted by Crippen LogP contribution is 2.27. The number of benzene rings is 1. The third kappa shape index (κ3) is 4.29. The predicted molar refractivity (Wildman–Crippen MR) is 118 cm³/mol. The molecule has 162 valence electrons. The molecule has 0 spiro atoms. The van der Waals surface area contributed by atoms with Crippen molar-refractivity contribution in [2.45, 2.75) is 26.8 Å². The molecule has 0 atom stereocenters. The van der Waals surface area contributed by atoms with E-state index < -0.39 is 0 Å². The van der Waals surface area contributed by atoms with Crippen LogP contribution in [0.15, 0.2) is 36.5 Å². The maximum atomic E-state index is 14.1. The van der Waals surface area contributed by atoms with Gasteiger partial charge in [-0.3, -0.25) is 9.08 Å². The summed E-state index contributed by atoms with van der Waals surface area (Å²) in [5.74, 6) is 1.39. The molecule has 0 radical (unpaired) electrons. The molecule has 0 aliphatic heterocycles. The second-order valence-electron chi connectivity index (χ2n) is 8.02. The van der Waals surface area contributed by atoms with Crippen LogP contribution in [0.25, 0.3) is 16.8 Å². The zero-order chi connectivity index (χ0) is 22.1. The molecule has 0 fully saturated rings. The molecular weight excluding hydrogens is 395 g/mol. The summed E-state index contributed by atoms with van der Waals surface area (Å²) in [5.41, 5.74) is 5.46. The molecular formula is C23H27FN6O. The Labute approximate surface area is 181 Å². The van der Waals surface area contributed by atoms with Crippen LogP contribution in [0.3, 0.4) is 0 Å². The van der Waals surface area contributed by atoms with Gasteiger partial charge < -0.3 is 9.64 Å². The van der Waals surface area contributed by atoms with E-state index >= 15 is 0 Å². The van der Waals surface area contributed by atoms with Crippen LogP contribution in [0.5, 0.6) is 5.75 Å². The monoisotopic (exact) mass is 422 g/mol. The molecule has 0 saturated carbocycles. The van der Waals surface area contributed by atoms with Crippen LogP contribution in [0.4, 0.5) is 4.39 Å². The third-order valence-corrected chi connectivity index (χ3v) is 5.37. The number of nitrogens with zero attached hydrogens (tertiary/aromatic N) is 6. The fraction of sp³-hybridized carbons (Fsp3) is 0.348. The van der Waals surface area contributed by atoms with Gasteiger partial charge in [-0.15, -0.1) is 10.2 Å². The molecule has 0 amide bonds. The minimum atomic E-state index is -0.258. The molecule has 31 heavy (non-hydrogen) atoms. The van der Waals surface area contributed by atoms with Crippen LogP contribution >= 0.6 is 0 Å². The Morgan fingerprint density at radius 1 is 1.10 bits per heavy atom. The van der Waals surface area contributed by atoms with Crippen LogP contribution < -0.4 is 4.74 Å². The molecule has 7 nitrogen and oxygen atoms in total. The summed E-state index contributed by atoms with van der Waals surface area (Å²) < 4.78 is 23.9. The van der Waals surface area contributed by atoms with Gasteiger partial charge in [-0.25, -0.2) is 4.39 Å². The van der Waals surface area contributed by atoms with E-state index in [1.807, 2.05) is 68.7 Å². The summed E-state index contributed by atoms with van der Waals surface area (Å²) >= 11 is 0. The molecule has 8 heteroatoms. The number of hydrogen-bond acceptors (Lipinski definition) is 5. The number of ether oxygens (including phenoxy) is 1. The highest BCUT2D eigenvalue weighted by molar-refractivity contribution is 5.68. The third-order valence-electron chi connectivity index (χ3n) is 5.37. The largest absolute Gasteiger partial charge is 0.489 e. The van der Waals surface area contributed by atoms with Crippen molar-refractivity contribution in [3.63, 3.8) is 0 Å². The second-order valence-corrected chi connectivity index (χ2v) is 8.02. The molecule has 0 bridgehead atoms. The predicted octanol–water partition coefficient (Wildman–Crippen LogP) is 3.57. The Balaban J connectivity index is 1.62. The van der Waals surface area contributed by atoms with Crippen molar-refractivity contribution in [1.82, 2.24) is 29.3 Å². The van der Waals surface area contributed by atoms with Gasteiger partial charge in [-0.05, 0) is 68.9 Å². The molecule has 0 aliphatic carbocycles. The first-order valence-corrected chi connectivity index (χ1v) is 10.2. The zero-order valence-electron chi connectivity index (χ0n) is 18.6. The number of rotatable bonds is 7. The lowest BCUT2D eigenvalue weighted by Crippen LogP contribution is -2.13. The fourth-order valence-electron chi connectivity index (χ4n) is 3.77. The van der Waals surface area contributed by atoms with E-state index in [0.717, 1.165) is 45.3 Å². The Kier molecular flexibility index (Phi) is 5.73. The van der Waals surface area contributed by atoms with Crippen molar-refractivity contribution in [1.29, 1.82) is 0 Å². The number of aromatic nitrogens is 5. The first-order valence-electron chi connectivity index (χ1n) is 10.2. The zero-order valence-corrected chi connectivity index (χ0v) is 18.6. The Hall–Kier alpha value is -3.26. The summed E-state index contributed by atoms with van der Waals surface area (Å²) in [4.78, 5) is 2.05. The average Bonchev–Trinajstić information content (AvgIpc) is 3.22. The van der Waals surface area contributed by atoms with Gasteiger partial charge in [-0.2, -0.15) is 5.10 Å². The van der Waals surface area contributed by atoms with E-state index in [0.29, 0.717) is 19.6 Å². The molecule has 0 saturated heterocycles. The Morgan fingerprint density at radius 3 is 2.61 bits per heavy atom. The lowest BCUT2D eigenvalue weighted by atomic mass is 9.99. The van der Waals surface area contributed by atoms with E-state index in [2.05, 4.69) is 15.3 Å². The number of halogens is 1. The van der Waals surface area contributed by atoms with E-state index in [-0.39, 0.29) is 5.82 Å². The molecule has 3 aromatic heterocycles. The van der Waals surface area contributed by atoms with Gasteiger partial charge in [0.05, 0.1) is 18.8 Å². The molecule has 0 aliphatic rings. The fourth-order valence-corrected chi connectivity index (χ4v) is 3.77. The summed E-state index contributed by atoms with van der Waals surface area (Å²) in [6.07, 6.45) is 2.59. The van der Waals surface area contributed by atoms with Gasteiger partial charge in [0.2, 0.25) is 0 Å². The smallest absolute Gasteiger partial charge is 0.162 e. The van der Waals surface area contributed by atoms with E-state index in [9.17, 15) is 4.39 Å².